The summed E-state index contributed by atoms with van der Waals surface area (Å²) < 4.78 is 0. The number of anilines is 2. The highest BCUT2D eigenvalue weighted by atomic mass is 16.2. The molecule has 1 aliphatic heterocycles. The average Bonchev–Trinajstić information content (AvgIpc) is 2.63. The molecule has 0 aromatic heterocycles. The molecule has 0 atom stereocenters. The first-order chi connectivity index (χ1) is 11.7. The number of carbonyl (C=O) groups is 1. The third-order valence-electron chi connectivity index (χ3n) is 4.88. The molecular weight excluding hydrogens is 298 g/mol. The zero-order chi connectivity index (χ0) is 16.5. The van der Waals surface area contributed by atoms with E-state index in [4.69, 9.17) is 5.26 Å². The lowest BCUT2D eigenvalue weighted by molar-refractivity contribution is -0.117. The van der Waals surface area contributed by atoms with Crippen molar-refractivity contribution in [3.63, 3.8) is 0 Å². The third kappa shape index (κ3) is 2.63. The second kappa shape index (κ2) is 6.01. The van der Waals surface area contributed by atoms with E-state index in [1.807, 2.05) is 23.1 Å². The number of fused-ring (bicyclic) bond motifs is 2. The van der Waals surface area contributed by atoms with Crippen LogP contribution in [0.15, 0.2) is 36.4 Å². The first-order valence-corrected chi connectivity index (χ1v) is 8.44. The minimum absolute atomic E-state index is 0.0700. The summed E-state index contributed by atoms with van der Waals surface area (Å²) in [5, 5.41) is 12.3. The van der Waals surface area contributed by atoms with Gasteiger partial charge in [-0.3, -0.25) is 4.79 Å². The van der Waals surface area contributed by atoms with Crippen LogP contribution in [0.4, 0.5) is 11.4 Å². The van der Waals surface area contributed by atoms with E-state index in [2.05, 4.69) is 23.5 Å². The first-order valence-electron chi connectivity index (χ1n) is 8.44. The first kappa shape index (κ1) is 14.8. The highest BCUT2D eigenvalue weighted by Gasteiger charge is 2.26. The van der Waals surface area contributed by atoms with Crippen molar-refractivity contribution >= 4 is 17.3 Å². The van der Waals surface area contributed by atoms with Gasteiger partial charge >= 0.3 is 0 Å². The van der Waals surface area contributed by atoms with Gasteiger partial charge < -0.3 is 10.2 Å². The van der Waals surface area contributed by atoms with Gasteiger partial charge in [-0.15, -0.1) is 0 Å². The maximum absolute atomic E-state index is 12.5. The van der Waals surface area contributed by atoms with Gasteiger partial charge in [-0.1, -0.05) is 12.1 Å². The maximum atomic E-state index is 12.5. The third-order valence-corrected chi connectivity index (χ3v) is 4.88. The zero-order valence-electron chi connectivity index (χ0n) is 13.5. The van der Waals surface area contributed by atoms with E-state index in [1.165, 1.54) is 24.0 Å². The van der Waals surface area contributed by atoms with Crippen molar-refractivity contribution in [2.45, 2.75) is 32.2 Å². The lowest BCUT2D eigenvalue weighted by Crippen LogP contribution is -2.39. The normalized spacial score (nSPS) is 16.0. The number of rotatable bonds is 2. The summed E-state index contributed by atoms with van der Waals surface area (Å²) in [5.41, 5.74) is 6.40. The molecule has 1 aliphatic carbocycles. The van der Waals surface area contributed by atoms with Gasteiger partial charge in [0.2, 0.25) is 5.91 Å². The van der Waals surface area contributed by atoms with Crippen LogP contribution in [0.2, 0.25) is 0 Å². The fourth-order valence-corrected chi connectivity index (χ4v) is 3.63. The molecule has 1 amide bonds. The number of hydrogen-bond acceptors (Lipinski definition) is 3. The number of amides is 1. The van der Waals surface area contributed by atoms with Crippen LogP contribution >= 0.6 is 0 Å². The van der Waals surface area contributed by atoms with Gasteiger partial charge in [0, 0.05) is 0 Å². The molecular formula is C20H19N3O. The molecule has 0 saturated carbocycles. The molecule has 0 fully saturated rings. The fourth-order valence-electron chi connectivity index (χ4n) is 3.63. The number of aryl methyl sites for hydroxylation is 2. The number of benzene rings is 2. The summed E-state index contributed by atoms with van der Waals surface area (Å²) in [6.45, 7) is 0.825. The van der Waals surface area contributed by atoms with Gasteiger partial charge in [0.15, 0.2) is 0 Å². The molecule has 0 radical (unpaired) electrons. The molecule has 0 unspecified atom stereocenters. The van der Waals surface area contributed by atoms with Gasteiger partial charge in [0.25, 0.3) is 0 Å². The second-order valence-corrected chi connectivity index (χ2v) is 6.49. The molecule has 0 bridgehead atoms. The molecule has 2 aliphatic rings. The van der Waals surface area contributed by atoms with Crippen molar-refractivity contribution in [1.82, 2.24) is 0 Å². The van der Waals surface area contributed by atoms with Crippen molar-refractivity contribution in [2.75, 3.05) is 16.8 Å². The smallest absolute Gasteiger partial charge is 0.246 e. The van der Waals surface area contributed by atoms with Gasteiger partial charge in [0.1, 0.15) is 0 Å². The standard InChI is InChI=1S/C20H19N3O/c21-11-14-4-3-5-15(8-14)13-23-19-10-17-7-2-1-6-16(17)9-18(19)22-12-20(23)24/h3-5,8-10,22H,1-2,6-7,12-13H2. The fraction of sp³-hybridized carbons (Fsp3) is 0.300. The summed E-state index contributed by atoms with van der Waals surface area (Å²) in [6, 6.07) is 14.0. The van der Waals surface area contributed by atoms with Gasteiger partial charge in [-0.05, 0) is 66.6 Å². The Labute approximate surface area is 141 Å². The van der Waals surface area contributed by atoms with E-state index in [0.29, 0.717) is 18.7 Å². The average molecular weight is 317 g/mol. The lowest BCUT2D eigenvalue weighted by atomic mass is 9.90. The highest BCUT2D eigenvalue weighted by Crippen LogP contribution is 2.36. The summed E-state index contributed by atoms with van der Waals surface area (Å²) in [6.07, 6.45) is 4.68. The Kier molecular flexibility index (Phi) is 3.70. The molecule has 24 heavy (non-hydrogen) atoms. The summed E-state index contributed by atoms with van der Waals surface area (Å²) in [4.78, 5) is 14.3. The predicted octanol–water partition coefficient (Wildman–Crippen LogP) is 3.40. The van der Waals surface area contributed by atoms with Crippen molar-refractivity contribution in [2.24, 2.45) is 0 Å². The second-order valence-electron chi connectivity index (χ2n) is 6.49. The number of nitriles is 1. The Morgan fingerprint density at radius 1 is 1.12 bits per heavy atom. The molecule has 120 valence electrons. The topological polar surface area (TPSA) is 56.1 Å². The minimum Gasteiger partial charge on any atom is -0.374 e. The molecule has 4 nitrogen and oxygen atoms in total. The lowest BCUT2D eigenvalue weighted by Gasteiger charge is -2.32. The number of nitrogens with one attached hydrogen (secondary N) is 1. The predicted molar refractivity (Wildman–Crippen MR) is 93.9 cm³/mol. The van der Waals surface area contributed by atoms with Crippen LogP contribution in [0, 0.1) is 11.3 Å². The van der Waals surface area contributed by atoms with Crippen molar-refractivity contribution < 1.29 is 4.79 Å². The molecule has 0 saturated heterocycles. The van der Waals surface area contributed by atoms with Crippen LogP contribution in [0.3, 0.4) is 0 Å². The summed E-state index contributed by atoms with van der Waals surface area (Å²) >= 11 is 0. The van der Waals surface area contributed by atoms with Gasteiger partial charge in [-0.25, -0.2) is 0 Å². The van der Waals surface area contributed by atoms with Crippen LogP contribution in [-0.4, -0.2) is 12.5 Å². The van der Waals surface area contributed by atoms with Crippen molar-refractivity contribution in [1.29, 1.82) is 5.26 Å². The van der Waals surface area contributed by atoms with Crippen LogP contribution in [-0.2, 0) is 24.2 Å². The number of carbonyl (C=O) groups excluding carboxylic acids is 1. The minimum atomic E-state index is 0.0700. The Bertz CT molecular complexity index is 850. The number of hydrogen-bond donors (Lipinski definition) is 1. The molecule has 0 spiro atoms. The van der Waals surface area contributed by atoms with Crippen LogP contribution in [0.1, 0.15) is 35.1 Å². The largest absolute Gasteiger partial charge is 0.374 e. The summed E-state index contributed by atoms with van der Waals surface area (Å²) in [5.74, 6) is 0.0700. The Balaban J connectivity index is 1.71. The van der Waals surface area contributed by atoms with Crippen LogP contribution in [0.25, 0.3) is 0 Å². The molecule has 2 aromatic carbocycles. The van der Waals surface area contributed by atoms with E-state index < -0.39 is 0 Å². The Morgan fingerprint density at radius 2 is 1.92 bits per heavy atom. The van der Waals surface area contributed by atoms with Crippen molar-refractivity contribution in [3.05, 3.63) is 58.7 Å². The van der Waals surface area contributed by atoms with E-state index in [0.717, 1.165) is 29.8 Å². The van der Waals surface area contributed by atoms with Crippen LogP contribution in [0.5, 0.6) is 0 Å². The van der Waals surface area contributed by atoms with Crippen LogP contribution < -0.4 is 10.2 Å². The number of nitrogens with zero attached hydrogens (tertiary/aromatic N) is 2. The van der Waals surface area contributed by atoms with E-state index in [1.54, 1.807) is 6.07 Å². The highest BCUT2D eigenvalue weighted by molar-refractivity contribution is 6.02. The molecule has 1 heterocycles. The van der Waals surface area contributed by atoms with Gasteiger partial charge in [0.05, 0.1) is 36.1 Å². The quantitative estimate of drug-likeness (QED) is 0.923. The molecule has 4 rings (SSSR count). The van der Waals surface area contributed by atoms with Gasteiger partial charge in [-0.2, -0.15) is 5.26 Å². The molecule has 4 heteroatoms. The van der Waals surface area contributed by atoms with Crippen molar-refractivity contribution in [3.8, 4) is 6.07 Å². The van der Waals surface area contributed by atoms with E-state index in [9.17, 15) is 4.79 Å². The maximum Gasteiger partial charge on any atom is 0.246 e. The molecule has 1 N–H and O–H groups in total. The Hall–Kier alpha value is -2.80. The SMILES string of the molecule is N#Cc1cccc(CN2C(=O)CNc3cc4c(cc32)CCCC4)c1. The van der Waals surface area contributed by atoms with E-state index >= 15 is 0 Å². The summed E-state index contributed by atoms with van der Waals surface area (Å²) in [7, 11) is 0. The van der Waals surface area contributed by atoms with E-state index in [-0.39, 0.29) is 5.91 Å². The Morgan fingerprint density at radius 3 is 2.71 bits per heavy atom. The monoisotopic (exact) mass is 317 g/mol. The zero-order valence-corrected chi connectivity index (χ0v) is 13.5. The molecule has 2 aromatic rings.